The van der Waals surface area contributed by atoms with Crippen LogP contribution in [-0.2, 0) is 28.8 Å². The third-order valence-electron chi connectivity index (χ3n) is 4.66. The van der Waals surface area contributed by atoms with E-state index in [1.54, 1.807) is 0 Å². The summed E-state index contributed by atoms with van der Waals surface area (Å²) < 4.78 is 0. The first kappa shape index (κ1) is 27.7. The first-order valence-electron chi connectivity index (χ1n) is 9.32. The van der Waals surface area contributed by atoms with Crippen molar-refractivity contribution in [1.29, 1.82) is 0 Å². The van der Waals surface area contributed by atoms with Crippen LogP contribution in [-0.4, -0.2) is 80.3 Å². The molecule has 14 heteroatoms. The van der Waals surface area contributed by atoms with Gasteiger partial charge in [-0.15, -0.1) is 0 Å². The molecule has 2 fully saturated rings. The lowest BCUT2D eigenvalue weighted by molar-refractivity contribution is -0.150. The average Bonchev–Trinajstić information content (AvgIpc) is 3.33. The van der Waals surface area contributed by atoms with Crippen LogP contribution in [0.5, 0.6) is 0 Å². The van der Waals surface area contributed by atoms with Gasteiger partial charge in [0.2, 0.25) is 11.8 Å². The maximum Gasteiger partial charge on any atom is 0.333 e. The molecule has 2 atom stereocenters. The number of carboxylic acids is 4. The molecule has 0 unspecified atom stereocenters. The summed E-state index contributed by atoms with van der Waals surface area (Å²) in [5, 5.41) is 38.6. The van der Waals surface area contributed by atoms with Gasteiger partial charge in [0.05, 0.1) is 0 Å². The number of carboxylic acid groups (broad SMARTS) is 4. The van der Waals surface area contributed by atoms with Gasteiger partial charge in [0.25, 0.3) is 0 Å². The average molecular weight is 448 g/mol. The lowest BCUT2D eigenvalue weighted by Gasteiger charge is -2.19. The van der Waals surface area contributed by atoms with Gasteiger partial charge >= 0.3 is 23.9 Å². The summed E-state index contributed by atoms with van der Waals surface area (Å²) in [7, 11) is 0. The van der Waals surface area contributed by atoms with E-state index in [1.807, 2.05) is 0 Å². The largest absolute Gasteiger partial charge is 0.481 e. The first-order valence-corrected chi connectivity index (χ1v) is 9.32. The molecule has 10 N–H and O–H groups in total. The maximum absolute atomic E-state index is 10.7. The van der Waals surface area contributed by atoms with E-state index in [4.69, 9.17) is 31.9 Å². The van der Waals surface area contributed by atoms with Crippen molar-refractivity contribution in [3.8, 4) is 0 Å². The molecule has 31 heavy (non-hydrogen) atoms. The summed E-state index contributed by atoms with van der Waals surface area (Å²) >= 11 is 0. The van der Waals surface area contributed by atoms with Crippen LogP contribution in [0.1, 0.15) is 44.9 Å². The molecule has 2 aliphatic heterocycles. The highest BCUT2D eigenvalue weighted by molar-refractivity contribution is 6.06. The monoisotopic (exact) mass is 448 g/mol. The molecule has 0 spiro atoms. The second-order valence-electron chi connectivity index (χ2n) is 6.85. The van der Waals surface area contributed by atoms with E-state index < -0.39 is 46.8 Å². The number of amides is 2. The van der Waals surface area contributed by atoms with E-state index in [-0.39, 0.29) is 32.1 Å². The molecule has 2 heterocycles. The van der Waals surface area contributed by atoms with E-state index in [9.17, 15) is 28.8 Å². The van der Waals surface area contributed by atoms with Crippen LogP contribution in [0.2, 0.25) is 0 Å². The van der Waals surface area contributed by atoms with Gasteiger partial charge in [0, 0.05) is 12.8 Å². The zero-order valence-corrected chi connectivity index (χ0v) is 16.8. The van der Waals surface area contributed by atoms with Gasteiger partial charge < -0.3 is 31.9 Å². The van der Waals surface area contributed by atoms with Crippen LogP contribution in [0, 0.1) is 0 Å². The molecular weight excluding hydrogens is 420 g/mol. The summed E-state index contributed by atoms with van der Waals surface area (Å²) in [6.07, 6.45) is 2.02. The van der Waals surface area contributed by atoms with Crippen LogP contribution < -0.4 is 22.1 Å². The van der Waals surface area contributed by atoms with Crippen molar-refractivity contribution < 1.29 is 49.2 Å². The molecule has 0 aromatic rings. The first-order chi connectivity index (χ1) is 14.3. The number of carbonyl (C=O) groups is 6. The molecule has 0 saturated carbocycles. The minimum atomic E-state index is -1.50. The topological polar surface area (TPSA) is 259 Å². The molecule has 0 aromatic carbocycles. The summed E-state index contributed by atoms with van der Waals surface area (Å²) in [6, 6.07) is 0. The van der Waals surface area contributed by atoms with Gasteiger partial charge in [-0.3, -0.25) is 29.8 Å². The third-order valence-corrected chi connectivity index (χ3v) is 4.66. The molecule has 0 aromatic heterocycles. The van der Waals surface area contributed by atoms with Gasteiger partial charge in [0.1, 0.15) is 0 Å². The van der Waals surface area contributed by atoms with Gasteiger partial charge in [-0.25, -0.2) is 9.59 Å². The molecule has 0 radical (unpaired) electrons. The zero-order chi connectivity index (χ0) is 24.2. The van der Waals surface area contributed by atoms with Gasteiger partial charge in [-0.05, 0) is 45.2 Å². The van der Waals surface area contributed by atoms with E-state index >= 15 is 0 Å². The standard InChI is InChI=1S/2C6H10N2O3.C5H8O4/c2*7-4(9)6(5(10)11)2-1-3-8-6;6-4(7)2-1-3-5(8)9/h2*8H,1-3H2,(H2,7,9)(H,10,11);1-3H2,(H,6,7)(H,8,9)/t2*6-;/m11./s1. The molecule has 2 aliphatic rings. The van der Waals surface area contributed by atoms with E-state index in [2.05, 4.69) is 10.6 Å². The predicted molar refractivity (Wildman–Crippen MR) is 103 cm³/mol. The minimum Gasteiger partial charge on any atom is -0.481 e. The van der Waals surface area contributed by atoms with Crippen molar-refractivity contribution in [1.82, 2.24) is 10.6 Å². The summed E-state index contributed by atoms with van der Waals surface area (Å²) in [5.41, 5.74) is 6.90. The molecule has 176 valence electrons. The van der Waals surface area contributed by atoms with Crippen molar-refractivity contribution in [3.05, 3.63) is 0 Å². The van der Waals surface area contributed by atoms with Crippen LogP contribution >= 0.6 is 0 Å². The highest BCUT2D eigenvalue weighted by Crippen LogP contribution is 2.19. The molecule has 2 rings (SSSR count). The SMILES string of the molecule is NC(=O)[C@@]1(C(=O)O)CCCN1.NC(=O)[C@@]1(C(=O)O)CCCN1.O=C(O)CCCC(=O)O. The van der Waals surface area contributed by atoms with Crippen molar-refractivity contribution in [2.75, 3.05) is 13.1 Å². The Labute approximate surface area is 177 Å². The molecule has 2 amide bonds. The highest BCUT2D eigenvalue weighted by Gasteiger charge is 2.47. The fourth-order valence-electron chi connectivity index (χ4n) is 2.87. The van der Waals surface area contributed by atoms with Crippen molar-refractivity contribution in [2.45, 2.75) is 56.0 Å². The molecule has 0 aliphatic carbocycles. The predicted octanol–water partition coefficient (Wildman–Crippen LogP) is -2.32. The Hall–Kier alpha value is -3.26. The van der Waals surface area contributed by atoms with E-state index in [1.165, 1.54) is 0 Å². The van der Waals surface area contributed by atoms with Crippen LogP contribution in [0.4, 0.5) is 0 Å². The number of carbonyl (C=O) groups excluding carboxylic acids is 2. The summed E-state index contributed by atoms with van der Waals surface area (Å²) in [4.78, 5) is 62.3. The minimum absolute atomic E-state index is 0.0632. The second kappa shape index (κ2) is 12.4. The highest BCUT2D eigenvalue weighted by atomic mass is 16.4. The Kier molecular flexibility index (Phi) is 11.1. The lowest BCUT2D eigenvalue weighted by Crippen LogP contribution is -2.57. The zero-order valence-electron chi connectivity index (χ0n) is 16.8. The normalized spacial score (nSPS) is 24.0. The third kappa shape index (κ3) is 8.18. The Balaban J connectivity index is 0.000000439. The van der Waals surface area contributed by atoms with E-state index in [0.717, 1.165) is 0 Å². The molecule has 2 saturated heterocycles. The Morgan fingerprint density at radius 3 is 1.13 bits per heavy atom. The van der Waals surface area contributed by atoms with Gasteiger partial charge in [0.15, 0.2) is 11.1 Å². The Morgan fingerprint density at radius 1 is 0.677 bits per heavy atom. The number of hydrogen-bond acceptors (Lipinski definition) is 8. The van der Waals surface area contributed by atoms with Gasteiger partial charge in [-0.2, -0.15) is 0 Å². The smallest absolute Gasteiger partial charge is 0.333 e. The lowest BCUT2D eigenvalue weighted by atomic mass is 9.97. The van der Waals surface area contributed by atoms with Crippen LogP contribution in [0.3, 0.4) is 0 Å². The fraction of sp³-hybridized carbons (Fsp3) is 0.647. The summed E-state index contributed by atoms with van der Waals surface area (Å²) in [5.74, 6) is -5.86. The quantitative estimate of drug-likeness (QED) is 0.182. The molecule has 0 bridgehead atoms. The van der Waals surface area contributed by atoms with Gasteiger partial charge in [-0.1, -0.05) is 0 Å². The Bertz CT molecular complexity index is 607. The number of aliphatic carboxylic acids is 4. The molecule has 14 nitrogen and oxygen atoms in total. The van der Waals surface area contributed by atoms with E-state index in [0.29, 0.717) is 25.9 Å². The number of nitrogens with one attached hydrogen (secondary N) is 2. The van der Waals surface area contributed by atoms with Crippen molar-refractivity contribution >= 4 is 35.7 Å². The Morgan fingerprint density at radius 2 is 1.00 bits per heavy atom. The summed E-state index contributed by atoms with van der Waals surface area (Å²) in [6.45, 7) is 1.07. The fourth-order valence-corrected chi connectivity index (χ4v) is 2.87. The van der Waals surface area contributed by atoms with Crippen molar-refractivity contribution in [2.24, 2.45) is 11.5 Å². The number of primary amides is 2. The van der Waals surface area contributed by atoms with Crippen LogP contribution in [0.25, 0.3) is 0 Å². The maximum atomic E-state index is 10.7. The van der Waals surface area contributed by atoms with Crippen LogP contribution in [0.15, 0.2) is 0 Å². The number of rotatable bonds is 8. The molecular formula is C17H28N4O10. The number of hydrogen-bond donors (Lipinski definition) is 8. The number of nitrogens with two attached hydrogens (primary N) is 2. The second-order valence-corrected chi connectivity index (χ2v) is 6.85. The van der Waals surface area contributed by atoms with Crippen molar-refractivity contribution in [3.63, 3.8) is 0 Å².